The molecule has 9 heteroatoms. The van der Waals surface area contributed by atoms with Gasteiger partial charge in [0.25, 0.3) is 10.0 Å². The van der Waals surface area contributed by atoms with Crippen LogP contribution in [0, 0.1) is 0 Å². The average molecular weight is 396 g/mol. The van der Waals surface area contributed by atoms with Crippen LogP contribution in [-0.2, 0) is 27.9 Å². The van der Waals surface area contributed by atoms with Crippen molar-refractivity contribution in [1.82, 2.24) is 9.62 Å². The second kappa shape index (κ2) is 7.65. The van der Waals surface area contributed by atoms with E-state index in [1.165, 1.54) is 11.2 Å². The molecule has 1 aliphatic heterocycles. The van der Waals surface area contributed by atoms with Crippen LogP contribution in [0.1, 0.15) is 17.4 Å². The van der Waals surface area contributed by atoms with Gasteiger partial charge in [-0.05, 0) is 29.8 Å². The van der Waals surface area contributed by atoms with Crippen LogP contribution >= 0.6 is 11.3 Å². The summed E-state index contributed by atoms with van der Waals surface area (Å²) in [6, 6.07) is 8.71. The van der Waals surface area contributed by atoms with Crippen LogP contribution in [0.4, 0.5) is 0 Å². The fraction of sp³-hybridized carbons (Fsp3) is 0.353. The second-order valence-electron chi connectivity index (χ2n) is 5.87. The predicted molar refractivity (Wildman–Crippen MR) is 97.9 cm³/mol. The molecule has 0 fully saturated rings. The van der Waals surface area contributed by atoms with Gasteiger partial charge in [-0.3, -0.25) is 4.79 Å². The van der Waals surface area contributed by atoms with Gasteiger partial charge in [0, 0.05) is 25.4 Å². The zero-order valence-corrected chi connectivity index (χ0v) is 16.2. The minimum atomic E-state index is -3.61. The zero-order chi connectivity index (χ0) is 18.7. The van der Waals surface area contributed by atoms with E-state index in [1.807, 2.05) is 6.07 Å². The van der Waals surface area contributed by atoms with Crippen LogP contribution in [0.5, 0.6) is 11.5 Å². The summed E-state index contributed by atoms with van der Waals surface area (Å²) < 4.78 is 38.1. The smallest absolute Gasteiger partial charge is 0.252 e. The maximum Gasteiger partial charge on any atom is 0.252 e. The maximum absolute atomic E-state index is 12.8. The molecule has 0 saturated carbocycles. The van der Waals surface area contributed by atoms with Crippen LogP contribution < -0.4 is 14.8 Å². The third-order valence-corrected chi connectivity index (χ3v) is 7.18. The summed E-state index contributed by atoms with van der Waals surface area (Å²) in [4.78, 5) is 11.8. The van der Waals surface area contributed by atoms with E-state index in [9.17, 15) is 13.2 Å². The monoisotopic (exact) mass is 396 g/mol. The highest BCUT2D eigenvalue weighted by Crippen LogP contribution is 2.32. The van der Waals surface area contributed by atoms with Crippen molar-refractivity contribution in [3.05, 3.63) is 40.8 Å². The maximum atomic E-state index is 12.8. The first kappa shape index (κ1) is 18.7. The van der Waals surface area contributed by atoms with Crippen LogP contribution in [0.2, 0.25) is 0 Å². The van der Waals surface area contributed by atoms with Crippen molar-refractivity contribution < 1.29 is 22.7 Å². The number of carbonyl (C=O) groups excluding carboxylic acids is 1. The lowest BCUT2D eigenvalue weighted by Gasteiger charge is -2.20. The first-order valence-electron chi connectivity index (χ1n) is 8.04. The summed E-state index contributed by atoms with van der Waals surface area (Å²) in [5.41, 5.74) is 0.815. The number of thiophene rings is 1. The first-order chi connectivity index (χ1) is 12.4. The van der Waals surface area contributed by atoms with Crippen molar-refractivity contribution in [2.75, 3.05) is 20.3 Å². The highest BCUT2D eigenvalue weighted by molar-refractivity contribution is 7.91. The van der Waals surface area contributed by atoms with Crippen molar-refractivity contribution >= 4 is 27.3 Å². The summed E-state index contributed by atoms with van der Waals surface area (Å²) in [5.74, 6) is 1.15. The topological polar surface area (TPSA) is 84.9 Å². The Morgan fingerprint density at radius 2 is 1.92 bits per heavy atom. The lowest BCUT2D eigenvalue weighted by atomic mass is 10.2. The molecule has 0 spiro atoms. The summed E-state index contributed by atoms with van der Waals surface area (Å²) in [7, 11) is -2.07. The van der Waals surface area contributed by atoms with Gasteiger partial charge in [-0.25, -0.2) is 8.42 Å². The molecule has 1 aromatic heterocycles. The Bertz CT molecular complexity index is 908. The summed E-state index contributed by atoms with van der Waals surface area (Å²) in [6.45, 7) is 2.96. The third kappa shape index (κ3) is 4.17. The van der Waals surface area contributed by atoms with Gasteiger partial charge < -0.3 is 14.8 Å². The van der Waals surface area contributed by atoms with Crippen LogP contribution in [0.25, 0.3) is 0 Å². The molecule has 0 atom stereocenters. The Hall–Kier alpha value is -2.10. The normalized spacial score (nSPS) is 13.7. The van der Waals surface area contributed by atoms with Crippen molar-refractivity contribution in [2.24, 2.45) is 0 Å². The summed E-state index contributed by atoms with van der Waals surface area (Å²) >= 11 is 1.15. The number of nitrogens with one attached hydrogen (secondary N) is 1. The second-order valence-corrected chi connectivity index (χ2v) is 9.31. The molecule has 1 amide bonds. The predicted octanol–water partition coefficient (Wildman–Crippen LogP) is 1.98. The van der Waals surface area contributed by atoms with Crippen molar-refractivity contribution in [2.45, 2.75) is 24.2 Å². The number of hydrogen-bond acceptors (Lipinski definition) is 6. The number of hydrogen-bond donors (Lipinski definition) is 1. The van der Waals surface area contributed by atoms with Crippen molar-refractivity contribution in [1.29, 1.82) is 0 Å². The number of carbonyl (C=O) groups is 1. The van der Waals surface area contributed by atoms with Gasteiger partial charge in [0.15, 0.2) is 11.5 Å². The molecule has 0 radical (unpaired) electrons. The van der Waals surface area contributed by atoms with E-state index in [4.69, 9.17) is 9.47 Å². The fourth-order valence-corrected chi connectivity index (χ4v) is 5.15. The fourth-order valence-electron chi connectivity index (χ4n) is 2.49. The standard InChI is InChI=1S/C17H20N2O5S2/c1-12(20)18-10-14-4-6-17(25-14)26(21,22)19(2)11-13-3-5-15-16(9-13)24-8-7-23-15/h3-6,9H,7-8,10-11H2,1-2H3,(H,18,20). The van der Waals surface area contributed by atoms with E-state index < -0.39 is 10.0 Å². The molecular formula is C17H20N2O5S2. The minimum Gasteiger partial charge on any atom is -0.486 e. The Kier molecular flexibility index (Phi) is 5.49. The van der Waals surface area contributed by atoms with E-state index in [0.29, 0.717) is 31.3 Å². The van der Waals surface area contributed by atoms with Gasteiger partial charge in [0.2, 0.25) is 5.91 Å². The van der Waals surface area contributed by atoms with Gasteiger partial charge in [-0.2, -0.15) is 4.31 Å². The van der Waals surface area contributed by atoms with Crippen LogP contribution in [0.3, 0.4) is 0 Å². The zero-order valence-electron chi connectivity index (χ0n) is 14.5. The molecule has 7 nitrogen and oxygen atoms in total. The molecule has 1 aliphatic rings. The lowest BCUT2D eigenvalue weighted by molar-refractivity contribution is -0.119. The van der Waals surface area contributed by atoms with E-state index in [2.05, 4.69) is 5.32 Å². The van der Waals surface area contributed by atoms with E-state index in [1.54, 1.807) is 31.3 Å². The van der Waals surface area contributed by atoms with Gasteiger partial charge in [-0.1, -0.05) is 6.07 Å². The quantitative estimate of drug-likeness (QED) is 0.807. The van der Waals surface area contributed by atoms with Crippen LogP contribution in [0.15, 0.2) is 34.5 Å². The molecular weight excluding hydrogens is 376 g/mol. The number of benzene rings is 1. The third-order valence-electron chi connectivity index (χ3n) is 3.82. The summed E-state index contributed by atoms with van der Waals surface area (Å²) in [6.07, 6.45) is 0. The number of fused-ring (bicyclic) bond motifs is 1. The van der Waals surface area contributed by atoms with Crippen LogP contribution in [-0.4, -0.2) is 38.9 Å². The molecule has 3 rings (SSSR count). The first-order valence-corrected chi connectivity index (χ1v) is 10.3. The molecule has 0 aliphatic carbocycles. The molecule has 1 N–H and O–H groups in total. The van der Waals surface area contributed by atoms with Crippen molar-refractivity contribution in [3.63, 3.8) is 0 Å². The molecule has 0 saturated heterocycles. The minimum absolute atomic E-state index is 0.154. The average Bonchev–Trinajstić information content (AvgIpc) is 3.09. The number of amides is 1. The molecule has 0 bridgehead atoms. The molecule has 2 aromatic rings. The van der Waals surface area contributed by atoms with Crippen molar-refractivity contribution in [3.8, 4) is 11.5 Å². The molecule has 2 heterocycles. The Morgan fingerprint density at radius 3 is 2.65 bits per heavy atom. The SMILES string of the molecule is CC(=O)NCc1ccc(S(=O)(=O)N(C)Cc2ccc3c(c2)OCCO3)s1. The Balaban J connectivity index is 1.72. The molecule has 140 valence electrons. The number of nitrogens with zero attached hydrogens (tertiary/aromatic N) is 1. The molecule has 0 unspecified atom stereocenters. The van der Waals surface area contributed by atoms with Gasteiger partial charge >= 0.3 is 0 Å². The Labute approximate surface area is 156 Å². The van der Waals surface area contributed by atoms with Gasteiger partial charge in [0.05, 0.1) is 6.54 Å². The van der Waals surface area contributed by atoms with E-state index in [0.717, 1.165) is 21.8 Å². The lowest BCUT2D eigenvalue weighted by Crippen LogP contribution is -2.26. The van der Waals surface area contributed by atoms with E-state index >= 15 is 0 Å². The highest BCUT2D eigenvalue weighted by Gasteiger charge is 2.23. The number of rotatable bonds is 6. The molecule has 26 heavy (non-hydrogen) atoms. The van der Waals surface area contributed by atoms with E-state index in [-0.39, 0.29) is 16.7 Å². The Morgan fingerprint density at radius 1 is 1.19 bits per heavy atom. The number of ether oxygens (including phenoxy) is 2. The summed E-state index contributed by atoms with van der Waals surface area (Å²) in [5, 5.41) is 2.66. The highest BCUT2D eigenvalue weighted by atomic mass is 32.2. The number of sulfonamides is 1. The van der Waals surface area contributed by atoms with Gasteiger partial charge in [0.1, 0.15) is 17.4 Å². The van der Waals surface area contributed by atoms with Gasteiger partial charge in [-0.15, -0.1) is 11.3 Å². The largest absolute Gasteiger partial charge is 0.486 e. The molecule has 1 aromatic carbocycles.